The minimum Gasteiger partial charge on any atom is -0.207 e. The zero-order valence-corrected chi connectivity index (χ0v) is 18.1. The van der Waals surface area contributed by atoms with Crippen molar-refractivity contribution in [2.45, 2.75) is 38.5 Å². The Bertz CT molecular complexity index is 1360. The highest BCUT2D eigenvalue weighted by molar-refractivity contribution is 7.25. The van der Waals surface area contributed by atoms with Gasteiger partial charge in [0, 0.05) is 29.2 Å². The first-order valence-electron chi connectivity index (χ1n) is 9.81. The van der Waals surface area contributed by atoms with E-state index in [4.69, 9.17) is 0 Å². The molecule has 0 fully saturated rings. The van der Waals surface area contributed by atoms with E-state index in [2.05, 4.69) is 0 Å². The smallest absolute Gasteiger partial charge is 0.207 e. The Hall–Kier alpha value is -2.68. The van der Waals surface area contributed by atoms with Gasteiger partial charge in [-0.15, -0.1) is 11.3 Å². The number of halogens is 8. The molecule has 0 nitrogen and oxygen atoms in total. The summed E-state index contributed by atoms with van der Waals surface area (Å²) in [5.74, 6) is -11.8. The molecule has 0 aliphatic rings. The number of hydrogen-bond donors (Lipinski definition) is 0. The van der Waals surface area contributed by atoms with Gasteiger partial charge in [0.05, 0.1) is 15.0 Å². The van der Waals surface area contributed by atoms with Gasteiger partial charge in [0.2, 0.25) is 5.92 Å². The lowest BCUT2D eigenvalue weighted by atomic mass is 9.96. The average molecular weight is 488 g/mol. The van der Waals surface area contributed by atoms with E-state index in [1.807, 2.05) is 0 Å². The van der Waals surface area contributed by atoms with E-state index in [1.165, 1.54) is 19.1 Å². The summed E-state index contributed by atoms with van der Waals surface area (Å²) in [5.41, 5.74) is -2.11. The zero-order chi connectivity index (χ0) is 24.3. The summed E-state index contributed by atoms with van der Waals surface area (Å²) in [6.45, 7) is 2.01. The number of hydrogen-bond acceptors (Lipinski definition) is 1. The standard InChI is InChI=1S/C24H16F8S/c1-11-3-4-13-14-5-6-16(20(28)22(14)33-21(13)19(11)27)24(31,32)9-12-7-17(25)15(18(26)8-12)10-23(2,29)30/h3-8H,9-10H2,1-2H3. The Morgan fingerprint density at radius 3 is 1.88 bits per heavy atom. The summed E-state index contributed by atoms with van der Waals surface area (Å²) in [6.07, 6.45) is -2.49. The SMILES string of the molecule is Cc1ccc2c(sc3c(F)c(C(F)(F)Cc4cc(F)c(CC(C)(F)F)c(F)c4)ccc32)c1F. The molecule has 0 N–H and O–H groups in total. The van der Waals surface area contributed by atoms with E-state index in [-0.39, 0.29) is 14.8 Å². The molecule has 0 aliphatic carbocycles. The van der Waals surface area contributed by atoms with Crippen LogP contribution >= 0.6 is 11.3 Å². The minimum atomic E-state index is -3.88. The van der Waals surface area contributed by atoms with Crippen molar-refractivity contribution in [2.24, 2.45) is 0 Å². The fourth-order valence-electron chi connectivity index (χ4n) is 3.81. The average Bonchev–Trinajstić information content (AvgIpc) is 3.07. The Morgan fingerprint density at radius 2 is 1.30 bits per heavy atom. The van der Waals surface area contributed by atoms with Crippen molar-refractivity contribution < 1.29 is 35.1 Å². The second-order valence-corrected chi connectivity index (χ2v) is 9.17. The molecule has 0 amide bonds. The van der Waals surface area contributed by atoms with Gasteiger partial charge in [-0.3, -0.25) is 0 Å². The fourth-order valence-corrected chi connectivity index (χ4v) is 5.04. The van der Waals surface area contributed by atoms with E-state index < -0.39 is 64.6 Å². The van der Waals surface area contributed by atoms with Crippen LogP contribution in [0.4, 0.5) is 35.1 Å². The third-order valence-electron chi connectivity index (χ3n) is 5.39. The maximum absolute atomic E-state index is 15.1. The van der Waals surface area contributed by atoms with Gasteiger partial charge in [0.1, 0.15) is 23.3 Å². The van der Waals surface area contributed by atoms with Crippen LogP contribution in [-0.4, -0.2) is 5.92 Å². The number of aryl methyl sites for hydroxylation is 1. The molecule has 0 aliphatic heterocycles. The van der Waals surface area contributed by atoms with Crippen molar-refractivity contribution in [1.29, 1.82) is 0 Å². The van der Waals surface area contributed by atoms with Gasteiger partial charge in [0.15, 0.2) is 0 Å². The Morgan fingerprint density at radius 1 is 0.758 bits per heavy atom. The number of thiophene rings is 1. The van der Waals surface area contributed by atoms with Crippen LogP contribution in [0.2, 0.25) is 0 Å². The van der Waals surface area contributed by atoms with Crippen molar-refractivity contribution >= 4 is 31.5 Å². The number of benzene rings is 3. The van der Waals surface area contributed by atoms with E-state index in [0.717, 1.165) is 6.07 Å². The summed E-state index contributed by atoms with van der Waals surface area (Å²) >= 11 is 0.703. The van der Waals surface area contributed by atoms with Crippen molar-refractivity contribution in [3.63, 3.8) is 0 Å². The predicted octanol–water partition coefficient (Wildman–Crippen LogP) is 8.45. The second kappa shape index (κ2) is 7.97. The highest BCUT2D eigenvalue weighted by atomic mass is 32.1. The van der Waals surface area contributed by atoms with E-state index >= 15 is 4.39 Å². The summed E-state index contributed by atoms with van der Waals surface area (Å²) in [4.78, 5) is 0. The molecule has 0 saturated heterocycles. The predicted molar refractivity (Wildman–Crippen MR) is 112 cm³/mol. The van der Waals surface area contributed by atoms with Crippen LogP contribution in [0.25, 0.3) is 20.2 Å². The Balaban J connectivity index is 1.74. The lowest BCUT2D eigenvalue weighted by Crippen LogP contribution is -2.20. The number of rotatable bonds is 5. The van der Waals surface area contributed by atoms with Crippen molar-refractivity contribution in [2.75, 3.05) is 0 Å². The van der Waals surface area contributed by atoms with Gasteiger partial charge >= 0.3 is 0 Å². The molecule has 174 valence electrons. The van der Waals surface area contributed by atoms with Crippen LogP contribution in [0.1, 0.15) is 29.2 Å². The lowest BCUT2D eigenvalue weighted by Gasteiger charge is -2.19. The molecule has 1 heterocycles. The van der Waals surface area contributed by atoms with Gasteiger partial charge in [-0.05, 0) is 43.2 Å². The number of alkyl halides is 4. The summed E-state index contributed by atoms with van der Waals surface area (Å²) in [7, 11) is 0. The molecule has 4 rings (SSSR count). The molecular weight excluding hydrogens is 472 g/mol. The van der Waals surface area contributed by atoms with Gasteiger partial charge in [-0.25, -0.2) is 35.1 Å². The van der Waals surface area contributed by atoms with Gasteiger partial charge in [0.25, 0.3) is 5.92 Å². The second-order valence-electron chi connectivity index (χ2n) is 8.15. The molecule has 0 saturated carbocycles. The molecule has 0 radical (unpaired) electrons. The van der Waals surface area contributed by atoms with Crippen LogP contribution in [0.15, 0.2) is 36.4 Å². The zero-order valence-electron chi connectivity index (χ0n) is 17.3. The summed E-state index contributed by atoms with van der Waals surface area (Å²) < 4.78 is 114. The first-order chi connectivity index (χ1) is 15.3. The lowest BCUT2D eigenvalue weighted by molar-refractivity contribution is -0.00723. The van der Waals surface area contributed by atoms with E-state index in [0.29, 0.717) is 41.3 Å². The maximum Gasteiger partial charge on any atom is 0.280 e. The molecule has 3 aromatic carbocycles. The van der Waals surface area contributed by atoms with Gasteiger partial charge in [-0.2, -0.15) is 0 Å². The third-order valence-corrected chi connectivity index (χ3v) is 6.60. The van der Waals surface area contributed by atoms with Crippen molar-refractivity contribution in [3.05, 3.63) is 81.9 Å². The fraction of sp³-hybridized carbons (Fsp3) is 0.250. The normalized spacial score (nSPS) is 12.8. The molecule has 33 heavy (non-hydrogen) atoms. The molecule has 0 unspecified atom stereocenters. The minimum absolute atomic E-state index is 0.136. The molecule has 0 atom stereocenters. The number of fused-ring (bicyclic) bond motifs is 3. The highest BCUT2D eigenvalue weighted by Crippen LogP contribution is 2.42. The van der Waals surface area contributed by atoms with Gasteiger partial charge in [-0.1, -0.05) is 18.2 Å². The van der Waals surface area contributed by atoms with Crippen LogP contribution in [0.5, 0.6) is 0 Å². The molecule has 1 aromatic heterocycles. The van der Waals surface area contributed by atoms with Crippen molar-refractivity contribution in [3.8, 4) is 0 Å². The molecule has 0 spiro atoms. The van der Waals surface area contributed by atoms with Crippen molar-refractivity contribution in [1.82, 2.24) is 0 Å². The van der Waals surface area contributed by atoms with Crippen LogP contribution in [-0.2, 0) is 18.8 Å². The summed E-state index contributed by atoms with van der Waals surface area (Å²) in [6, 6.07) is 6.30. The van der Waals surface area contributed by atoms with Gasteiger partial charge < -0.3 is 0 Å². The monoisotopic (exact) mass is 488 g/mol. The largest absolute Gasteiger partial charge is 0.280 e. The molecule has 9 heteroatoms. The molecular formula is C24H16F8S. The van der Waals surface area contributed by atoms with E-state index in [9.17, 15) is 30.7 Å². The first kappa shape index (κ1) is 23.5. The first-order valence-corrected chi connectivity index (χ1v) is 10.6. The topological polar surface area (TPSA) is 0 Å². The highest BCUT2D eigenvalue weighted by Gasteiger charge is 2.37. The molecule has 4 aromatic rings. The third kappa shape index (κ3) is 4.30. The Kier molecular flexibility index (Phi) is 5.67. The Labute approximate surface area is 187 Å². The quantitative estimate of drug-likeness (QED) is 0.247. The van der Waals surface area contributed by atoms with Crippen LogP contribution in [0.3, 0.4) is 0 Å². The maximum atomic E-state index is 15.1. The van der Waals surface area contributed by atoms with E-state index in [1.54, 1.807) is 6.07 Å². The summed E-state index contributed by atoms with van der Waals surface area (Å²) in [5, 5.41) is 0.659. The molecule has 0 bridgehead atoms. The van der Waals surface area contributed by atoms with Crippen LogP contribution in [0, 0.1) is 30.2 Å². The van der Waals surface area contributed by atoms with Crippen LogP contribution < -0.4 is 0 Å².